The minimum Gasteiger partial charge on any atom is -0.380 e. The third-order valence-electron chi connectivity index (χ3n) is 5.11. The van der Waals surface area contributed by atoms with Gasteiger partial charge in [-0.25, -0.2) is 0 Å². The summed E-state index contributed by atoms with van der Waals surface area (Å²) in [5, 5.41) is 7.53. The van der Waals surface area contributed by atoms with E-state index in [2.05, 4.69) is 33.2 Å². The molecule has 0 bridgehead atoms. The number of rotatable bonds is 4. The molecule has 0 saturated heterocycles. The van der Waals surface area contributed by atoms with Gasteiger partial charge in [0.25, 0.3) is 0 Å². The molecule has 0 amide bonds. The van der Waals surface area contributed by atoms with Gasteiger partial charge in [0.05, 0.1) is 23.1 Å². The van der Waals surface area contributed by atoms with Crippen molar-refractivity contribution < 1.29 is 0 Å². The lowest BCUT2D eigenvalue weighted by atomic mass is 9.90. The van der Waals surface area contributed by atoms with Crippen molar-refractivity contribution in [3.63, 3.8) is 0 Å². The zero-order valence-electron chi connectivity index (χ0n) is 12.7. The Morgan fingerprint density at radius 3 is 1.57 bits per heavy atom. The average molecular weight is 302 g/mol. The van der Waals surface area contributed by atoms with E-state index in [1.54, 1.807) is 0 Å². The van der Waals surface area contributed by atoms with Gasteiger partial charge in [0, 0.05) is 23.2 Å². The summed E-state index contributed by atoms with van der Waals surface area (Å²) >= 11 is 1.32. The van der Waals surface area contributed by atoms with Crippen molar-refractivity contribution in [2.75, 3.05) is 10.6 Å². The largest absolute Gasteiger partial charge is 0.380 e. The van der Waals surface area contributed by atoms with Crippen molar-refractivity contribution >= 4 is 34.1 Å². The molecule has 1 aromatic carbocycles. The summed E-state index contributed by atoms with van der Waals surface area (Å²) in [6.45, 7) is 4.35. The summed E-state index contributed by atoms with van der Waals surface area (Å²) in [7, 11) is 0. The Morgan fingerprint density at radius 2 is 1.24 bits per heavy atom. The molecule has 2 aromatic rings. The Kier molecular flexibility index (Phi) is 3.25. The maximum atomic E-state index is 4.51. The number of nitrogens with one attached hydrogen (secondary N) is 2. The number of benzene rings is 1. The molecule has 1 aromatic heterocycles. The molecule has 0 unspecified atom stereocenters. The summed E-state index contributed by atoms with van der Waals surface area (Å²) in [6.07, 6.45) is 7.84. The van der Waals surface area contributed by atoms with Crippen molar-refractivity contribution in [3.05, 3.63) is 11.1 Å². The van der Waals surface area contributed by atoms with Gasteiger partial charge >= 0.3 is 0 Å². The van der Waals surface area contributed by atoms with E-state index in [0.717, 1.165) is 11.0 Å². The Bertz CT molecular complexity index is 614. The third-order valence-corrected chi connectivity index (χ3v) is 5.63. The lowest BCUT2D eigenvalue weighted by Gasteiger charge is -2.33. The standard InChI is InChI=1S/C16H22N4S/c1-9-13(17-11-5-3-6-11)14(18-12-7-4-8-12)10(2)16-15(9)19-21-20-16/h11-12,17-18H,3-8H2,1-2H3. The third kappa shape index (κ3) is 2.18. The van der Waals surface area contributed by atoms with Crippen LogP contribution in [0.25, 0.3) is 11.0 Å². The van der Waals surface area contributed by atoms with E-state index < -0.39 is 0 Å². The van der Waals surface area contributed by atoms with Crippen LogP contribution in [0.4, 0.5) is 11.4 Å². The Balaban J connectivity index is 1.80. The van der Waals surface area contributed by atoms with Crippen molar-refractivity contribution in [1.82, 2.24) is 8.75 Å². The lowest BCUT2D eigenvalue weighted by Crippen LogP contribution is -2.31. The normalized spacial score (nSPS) is 19.3. The molecule has 0 aliphatic heterocycles. The molecule has 5 heteroatoms. The zero-order chi connectivity index (χ0) is 14.4. The van der Waals surface area contributed by atoms with Gasteiger partial charge in [0.2, 0.25) is 0 Å². The van der Waals surface area contributed by atoms with E-state index in [9.17, 15) is 0 Å². The highest BCUT2D eigenvalue weighted by molar-refractivity contribution is 7.00. The van der Waals surface area contributed by atoms with Gasteiger partial charge in [-0.15, -0.1) is 0 Å². The van der Waals surface area contributed by atoms with E-state index in [4.69, 9.17) is 0 Å². The van der Waals surface area contributed by atoms with Gasteiger partial charge in [-0.05, 0) is 52.4 Å². The predicted octanol–water partition coefficient (Wildman–Crippen LogP) is 4.24. The van der Waals surface area contributed by atoms with E-state index in [0.29, 0.717) is 12.1 Å². The number of hydrogen-bond donors (Lipinski definition) is 2. The fraction of sp³-hybridized carbons (Fsp3) is 0.625. The molecule has 2 aliphatic rings. The molecule has 4 nitrogen and oxygen atoms in total. The van der Waals surface area contributed by atoms with Crippen LogP contribution in [0.15, 0.2) is 0 Å². The molecule has 112 valence electrons. The van der Waals surface area contributed by atoms with Gasteiger partial charge < -0.3 is 10.6 Å². The summed E-state index contributed by atoms with van der Waals surface area (Å²) in [5.41, 5.74) is 7.17. The van der Waals surface area contributed by atoms with Gasteiger partial charge in [0.15, 0.2) is 0 Å². The predicted molar refractivity (Wildman–Crippen MR) is 89.4 cm³/mol. The lowest BCUT2D eigenvalue weighted by molar-refractivity contribution is 0.441. The van der Waals surface area contributed by atoms with Crippen LogP contribution in [0, 0.1) is 13.8 Å². The van der Waals surface area contributed by atoms with Gasteiger partial charge in [0.1, 0.15) is 11.0 Å². The van der Waals surface area contributed by atoms with E-state index >= 15 is 0 Å². The van der Waals surface area contributed by atoms with Crippen molar-refractivity contribution in [3.8, 4) is 0 Å². The first-order chi connectivity index (χ1) is 10.2. The molecule has 2 saturated carbocycles. The van der Waals surface area contributed by atoms with Crippen LogP contribution in [0.5, 0.6) is 0 Å². The molecule has 0 spiro atoms. The van der Waals surface area contributed by atoms with Crippen LogP contribution >= 0.6 is 11.7 Å². The van der Waals surface area contributed by atoms with Crippen LogP contribution < -0.4 is 10.6 Å². The average Bonchev–Trinajstić information content (AvgIpc) is 2.85. The van der Waals surface area contributed by atoms with Crippen LogP contribution in [-0.2, 0) is 0 Å². The molecule has 4 rings (SSSR count). The van der Waals surface area contributed by atoms with E-state index in [-0.39, 0.29) is 0 Å². The molecule has 0 atom stereocenters. The monoisotopic (exact) mass is 302 g/mol. The fourth-order valence-corrected chi connectivity index (χ4v) is 3.82. The number of nitrogens with zero attached hydrogens (tertiary/aromatic N) is 2. The minimum absolute atomic E-state index is 0.633. The Morgan fingerprint density at radius 1 is 0.810 bits per heavy atom. The van der Waals surface area contributed by atoms with Crippen LogP contribution in [0.1, 0.15) is 49.7 Å². The van der Waals surface area contributed by atoms with Gasteiger partial charge in [-0.3, -0.25) is 0 Å². The number of anilines is 2. The molecule has 1 heterocycles. The first-order valence-corrected chi connectivity index (χ1v) is 8.75. The maximum absolute atomic E-state index is 4.51. The maximum Gasteiger partial charge on any atom is 0.110 e. The number of hydrogen-bond acceptors (Lipinski definition) is 5. The molecule has 21 heavy (non-hydrogen) atoms. The molecular formula is C16H22N4S. The molecule has 2 N–H and O–H groups in total. The second kappa shape index (κ2) is 5.13. The summed E-state index contributed by atoms with van der Waals surface area (Å²) in [6, 6.07) is 1.27. The fourth-order valence-electron chi connectivity index (χ4n) is 3.17. The van der Waals surface area contributed by atoms with Gasteiger partial charge in [-0.1, -0.05) is 0 Å². The topological polar surface area (TPSA) is 49.8 Å². The molecule has 0 radical (unpaired) electrons. The highest BCUT2D eigenvalue weighted by atomic mass is 32.1. The Labute approximate surface area is 129 Å². The highest BCUT2D eigenvalue weighted by Gasteiger charge is 2.25. The molecular weight excluding hydrogens is 280 g/mol. The summed E-state index contributed by atoms with van der Waals surface area (Å²) in [4.78, 5) is 0. The summed E-state index contributed by atoms with van der Waals surface area (Å²) in [5.74, 6) is 0. The van der Waals surface area contributed by atoms with E-state index in [1.165, 1.54) is 72.8 Å². The van der Waals surface area contributed by atoms with Crippen LogP contribution in [0.2, 0.25) is 0 Å². The number of aromatic nitrogens is 2. The second-order valence-corrected chi connectivity index (χ2v) is 7.03. The van der Waals surface area contributed by atoms with Crippen molar-refractivity contribution in [2.24, 2.45) is 0 Å². The highest BCUT2D eigenvalue weighted by Crippen LogP contribution is 2.40. The first kappa shape index (κ1) is 13.3. The SMILES string of the molecule is Cc1c(NC2CCC2)c(NC2CCC2)c(C)c2nsnc12. The van der Waals surface area contributed by atoms with E-state index in [1.807, 2.05) is 0 Å². The van der Waals surface area contributed by atoms with Crippen LogP contribution in [0.3, 0.4) is 0 Å². The number of fused-ring (bicyclic) bond motifs is 1. The smallest absolute Gasteiger partial charge is 0.110 e. The quantitative estimate of drug-likeness (QED) is 0.887. The van der Waals surface area contributed by atoms with Gasteiger partial charge in [-0.2, -0.15) is 8.75 Å². The molecule has 2 aliphatic carbocycles. The Hall–Kier alpha value is -1.36. The van der Waals surface area contributed by atoms with Crippen molar-refractivity contribution in [1.29, 1.82) is 0 Å². The summed E-state index contributed by atoms with van der Waals surface area (Å²) < 4.78 is 9.02. The van der Waals surface area contributed by atoms with Crippen molar-refractivity contribution in [2.45, 2.75) is 64.5 Å². The minimum atomic E-state index is 0.633. The zero-order valence-corrected chi connectivity index (χ0v) is 13.5. The first-order valence-electron chi connectivity index (χ1n) is 8.02. The van der Waals surface area contributed by atoms with Crippen LogP contribution in [-0.4, -0.2) is 20.8 Å². The second-order valence-electron chi connectivity index (χ2n) is 6.51. The number of aryl methyl sites for hydroxylation is 2. The molecule has 2 fully saturated rings.